The molecule has 23 heavy (non-hydrogen) atoms. The molecule has 1 amide bonds. The fraction of sp³-hybridized carbons (Fsp3) is 0.0556. The lowest BCUT2D eigenvalue weighted by atomic mass is 10.2. The van der Waals surface area contributed by atoms with Crippen molar-refractivity contribution in [2.24, 2.45) is 0 Å². The second kappa shape index (κ2) is 6.58. The lowest BCUT2D eigenvalue weighted by Gasteiger charge is -2.01. The summed E-state index contributed by atoms with van der Waals surface area (Å²) in [4.78, 5) is 12.1. The molecule has 1 aromatic heterocycles. The third-order valence-corrected chi connectivity index (χ3v) is 3.60. The summed E-state index contributed by atoms with van der Waals surface area (Å²) in [6.45, 7) is 0. The van der Waals surface area contributed by atoms with Gasteiger partial charge in [0.1, 0.15) is 5.69 Å². The van der Waals surface area contributed by atoms with E-state index >= 15 is 0 Å². The minimum atomic E-state index is -0.290. The highest BCUT2D eigenvalue weighted by atomic mass is 35.5. The first kappa shape index (κ1) is 15.2. The summed E-state index contributed by atoms with van der Waals surface area (Å²) in [5.41, 5.74) is 1.87. The smallest absolute Gasteiger partial charge is 0.248 e. The summed E-state index contributed by atoms with van der Waals surface area (Å²) in [6.07, 6.45) is 3.18. The molecule has 0 bridgehead atoms. The van der Waals surface area contributed by atoms with E-state index in [9.17, 15) is 4.79 Å². The fourth-order valence-electron chi connectivity index (χ4n) is 2.24. The predicted molar refractivity (Wildman–Crippen MR) is 91.9 cm³/mol. The largest absolute Gasteiger partial charge is 0.493 e. The van der Waals surface area contributed by atoms with Gasteiger partial charge in [-0.05, 0) is 35.4 Å². The third-order valence-electron chi connectivity index (χ3n) is 3.33. The highest BCUT2D eigenvalue weighted by Crippen LogP contribution is 2.38. The van der Waals surface area contributed by atoms with Crippen LogP contribution in [0.4, 0.5) is 5.69 Å². The molecule has 116 valence electrons. The van der Waals surface area contributed by atoms with Gasteiger partial charge >= 0.3 is 0 Å². The Hall–Kier alpha value is -2.72. The van der Waals surface area contributed by atoms with Gasteiger partial charge in [-0.3, -0.25) is 4.79 Å². The van der Waals surface area contributed by atoms with E-state index in [2.05, 4.69) is 5.32 Å². The quantitative estimate of drug-likeness (QED) is 0.704. The third kappa shape index (κ3) is 3.22. The summed E-state index contributed by atoms with van der Waals surface area (Å²) < 4.78 is 10.7. The number of hydrogen-bond acceptors (Lipinski definition) is 3. The van der Waals surface area contributed by atoms with Crippen LogP contribution in [0.15, 0.2) is 59.0 Å². The topological polar surface area (TPSA) is 51.5 Å². The highest BCUT2D eigenvalue weighted by Gasteiger charge is 2.16. The molecule has 1 heterocycles. The molecule has 2 aromatic carbocycles. The van der Waals surface area contributed by atoms with Crippen LogP contribution in [0.2, 0.25) is 5.22 Å². The van der Waals surface area contributed by atoms with Gasteiger partial charge in [-0.15, -0.1) is 0 Å². The number of ether oxygens (including phenoxy) is 1. The second-order valence-corrected chi connectivity index (χ2v) is 5.16. The first-order valence-corrected chi connectivity index (χ1v) is 7.36. The number of fused-ring (bicyclic) bond motifs is 1. The maximum absolute atomic E-state index is 12.1. The van der Waals surface area contributed by atoms with Gasteiger partial charge in [-0.2, -0.15) is 0 Å². The number of methoxy groups -OCH3 is 1. The number of halogens is 1. The number of rotatable bonds is 4. The summed E-state index contributed by atoms with van der Waals surface area (Å²) in [6, 6.07) is 14.9. The number of furan rings is 1. The van der Waals surface area contributed by atoms with Crippen LogP contribution in [-0.4, -0.2) is 13.0 Å². The molecule has 0 atom stereocenters. The highest BCUT2D eigenvalue weighted by molar-refractivity contribution is 6.34. The number of amides is 1. The number of carbonyl (C=O) groups excluding carboxylic acids is 1. The van der Waals surface area contributed by atoms with Crippen LogP contribution >= 0.6 is 11.6 Å². The van der Waals surface area contributed by atoms with Gasteiger partial charge in [0.05, 0.1) is 7.11 Å². The zero-order valence-corrected chi connectivity index (χ0v) is 13.1. The van der Waals surface area contributed by atoms with Crippen LogP contribution in [0.3, 0.4) is 0 Å². The molecule has 0 saturated heterocycles. The van der Waals surface area contributed by atoms with E-state index in [-0.39, 0.29) is 11.1 Å². The Morgan fingerprint density at radius 2 is 1.96 bits per heavy atom. The normalized spacial score (nSPS) is 11.0. The van der Waals surface area contributed by atoms with Crippen molar-refractivity contribution in [3.63, 3.8) is 0 Å². The average molecular weight is 328 g/mol. The van der Waals surface area contributed by atoms with E-state index in [4.69, 9.17) is 20.8 Å². The van der Waals surface area contributed by atoms with Gasteiger partial charge < -0.3 is 14.5 Å². The molecular weight excluding hydrogens is 314 g/mol. The molecular formula is C18H14ClNO3. The number of carbonyl (C=O) groups is 1. The van der Waals surface area contributed by atoms with E-state index in [0.717, 1.165) is 5.56 Å². The number of hydrogen-bond donors (Lipinski definition) is 1. The van der Waals surface area contributed by atoms with Crippen molar-refractivity contribution >= 4 is 40.2 Å². The second-order valence-electron chi connectivity index (χ2n) is 4.82. The van der Waals surface area contributed by atoms with Crippen molar-refractivity contribution in [1.82, 2.24) is 0 Å². The maximum atomic E-state index is 12.1. The van der Waals surface area contributed by atoms with Crippen molar-refractivity contribution in [3.8, 4) is 5.75 Å². The molecule has 0 aliphatic heterocycles. The van der Waals surface area contributed by atoms with Crippen LogP contribution in [-0.2, 0) is 4.79 Å². The first-order chi connectivity index (χ1) is 11.2. The molecule has 3 rings (SSSR count). The number of nitrogens with one attached hydrogen (secondary N) is 1. The standard InChI is InChI=1S/C18H14ClNO3/c1-22-14-9-5-8-13-16(18(19)23-17(13)14)20-15(21)11-10-12-6-3-2-4-7-12/h2-11H,1H3,(H,20,21)/b11-10+. The molecule has 0 aliphatic carbocycles. The van der Waals surface area contributed by atoms with E-state index in [1.54, 1.807) is 19.3 Å². The molecule has 0 saturated carbocycles. The molecule has 1 N–H and O–H groups in total. The Morgan fingerprint density at radius 3 is 2.70 bits per heavy atom. The molecule has 0 unspecified atom stereocenters. The lowest BCUT2D eigenvalue weighted by molar-refractivity contribution is -0.111. The Labute approximate surface area is 138 Å². The molecule has 0 aliphatic rings. The Morgan fingerprint density at radius 1 is 1.17 bits per heavy atom. The SMILES string of the molecule is COc1cccc2c(NC(=O)/C=C/c3ccccc3)c(Cl)oc12. The molecule has 5 heteroatoms. The van der Waals surface area contributed by atoms with Crippen LogP contribution in [0.5, 0.6) is 5.75 Å². The van der Waals surface area contributed by atoms with Gasteiger partial charge in [0.2, 0.25) is 11.1 Å². The van der Waals surface area contributed by atoms with Crippen molar-refractivity contribution in [2.45, 2.75) is 0 Å². The van der Waals surface area contributed by atoms with E-state index < -0.39 is 0 Å². The minimum Gasteiger partial charge on any atom is -0.493 e. The lowest BCUT2D eigenvalue weighted by Crippen LogP contribution is -2.07. The average Bonchev–Trinajstić information content (AvgIpc) is 2.90. The van der Waals surface area contributed by atoms with Crippen molar-refractivity contribution in [3.05, 3.63) is 65.4 Å². The predicted octanol–water partition coefficient (Wildman–Crippen LogP) is 4.75. The molecule has 4 nitrogen and oxygen atoms in total. The zero-order valence-electron chi connectivity index (χ0n) is 12.4. The summed E-state index contributed by atoms with van der Waals surface area (Å²) in [5, 5.41) is 3.55. The minimum absolute atomic E-state index is 0.117. The van der Waals surface area contributed by atoms with E-state index in [0.29, 0.717) is 22.4 Å². The zero-order chi connectivity index (χ0) is 16.2. The Bertz CT molecular complexity index is 869. The van der Waals surface area contributed by atoms with Crippen molar-refractivity contribution < 1.29 is 13.9 Å². The Kier molecular flexibility index (Phi) is 4.35. The summed E-state index contributed by atoms with van der Waals surface area (Å²) in [7, 11) is 1.55. The van der Waals surface area contributed by atoms with Crippen molar-refractivity contribution in [2.75, 3.05) is 12.4 Å². The van der Waals surface area contributed by atoms with Gasteiger partial charge in [-0.1, -0.05) is 36.4 Å². The van der Waals surface area contributed by atoms with Crippen LogP contribution in [0.1, 0.15) is 5.56 Å². The monoisotopic (exact) mass is 327 g/mol. The number of anilines is 1. The number of benzene rings is 2. The molecule has 0 fully saturated rings. The first-order valence-electron chi connectivity index (χ1n) is 6.98. The van der Waals surface area contributed by atoms with Gasteiger partial charge in [0, 0.05) is 11.5 Å². The van der Waals surface area contributed by atoms with E-state index in [1.165, 1.54) is 6.08 Å². The fourth-order valence-corrected chi connectivity index (χ4v) is 2.47. The summed E-state index contributed by atoms with van der Waals surface area (Å²) >= 11 is 6.10. The molecule has 0 spiro atoms. The summed E-state index contributed by atoms with van der Waals surface area (Å²) in [5.74, 6) is 0.269. The van der Waals surface area contributed by atoms with Crippen LogP contribution < -0.4 is 10.1 Å². The number of para-hydroxylation sites is 1. The molecule has 0 radical (unpaired) electrons. The van der Waals surface area contributed by atoms with Crippen LogP contribution in [0.25, 0.3) is 17.0 Å². The maximum Gasteiger partial charge on any atom is 0.248 e. The van der Waals surface area contributed by atoms with Gasteiger partial charge in [0.15, 0.2) is 11.3 Å². The van der Waals surface area contributed by atoms with Gasteiger partial charge in [-0.25, -0.2) is 0 Å². The van der Waals surface area contributed by atoms with Gasteiger partial charge in [0.25, 0.3) is 0 Å². The Balaban J connectivity index is 1.85. The van der Waals surface area contributed by atoms with E-state index in [1.807, 2.05) is 42.5 Å². The molecule has 3 aromatic rings. The van der Waals surface area contributed by atoms with Crippen molar-refractivity contribution in [1.29, 1.82) is 0 Å². The van der Waals surface area contributed by atoms with Crippen LogP contribution in [0, 0.1) is 0 Å².